The number of amides is 1. The average Bonchev–Trinajstić information content (AvgIpc) is 2.49. The van der Waals surface area contributed by atoms with Crippen LogP contribution in [0.25, 0.3) is 0 Å². The van der Waals surface area contributed by atoms with Crippen molar-refractivity contribution in [1.29, 1.82) is 0 Å². The summed E-state index contributed by atoms with van der Waals surface area (Å²) in [7, 11) is 1.45. The van der Waals surface area contributed by atoms with Gasteiger partial charge in [-0.1, -0.05) is 27.5 Å². The highest BCUT2D eigenvalue weighted by Crippen LogP contribution is 2.21. The maximum absolute atomic E-state index is 12.0. The number of nitrogens with zero attached hydrogens (tertiary/aromatic N) is 2. The Morgan fingerprint density at radius 2 is 2.23 bits per heavy atom. The number of halogens is 2. The molecule has 116 valence electrons. The first-order valence-corrected chi connectivity index (χ1v) is 7.53. The van der Waals surface area contributed by atoms with Crippen LogP contribution >= 0.6 is 27.5 Å². The van der Waals surface area contributed by atoms with E-state index in [1.165, 1.54) is 13.3 Å². The lowest BCUT2D eigenvalue weighted by molar-refractivity contribution is -0.114. The molecular weight excluding hydrogens is 372 g/mol. The van der Waals surface area contributed by atoms with Crippen molar-refractivity contribution in [1.82, 2.24) is 9.97 Å². The zero-order valence-corrected chi connectivity index (χ0v) is 14.3. The number of benzene rings is 1. The summed E-state index contributed by atoms with van der Waals surface area (Å²) in [5.41, 5.74) is 1.71. The molecule has 2 N–H and O–H groups in total. The summed E-state index contributed by atoms with van der Waals surface area (Å²) >= 11 is 9.34. The fourth-order valence-electron chi connectivity index (χ4n) is 1.70. The standard InChI is InChI=1S/C14H14BrClN4O2/c1-8-5-9(15)3-4-11(8)19-12(21)7-17-13-10(16)6-18-14(20-13)22-2/h3-6H,7H2,1-2H3,(H,19,21)(H,17,18,20). The lowest BCUT2D eigenvalue weighted by atomic mass is 10.2. The van der Waals surface area contributed by atoms with Gasteiger partial charge in [0.1, 0.15) is 5.02 Å². The molecule has 22 heavy (non-hydrogen) atoms. The number of aromatic nitrogens is 2. The highest BCUT2D eigenvalue weighted by molar-refractivity contribution is 9.10. The number of aryl methyl sites for hydroxylation is 1. The van der Waals surface area contributed by atoms with E-state index < -0.39 is 0 Å². The minimum Gasteiger partial charge on any atom is -0.467 e. The number of hydrogen-bond acceptors (Lipinski definition) is 5. The number of ether oxygens (including phenoxy) is 1. The van der Waals surface area contributed by atoms with Crippen LogP contribution in [0, 0.1) is 6.92 Å². The number of rotatable bonds is 5. The molecule has 0 atom stereocenters. The maximum Gasteiger partial charge on any atom is 0.318 e. The third kappa shape index (κ3) is 4.32. The lowest BCUT2D eigenvalue weighted by Gasteiger charge is -2.10. The largest absolute Gasteiger partial charge is 0.467 e. The maximum atomic E-state index is 12.0. The number of methoxy groups -OCH3 is 1. The zero-order chi connectivity index (χ0) is 16.1. The summed E-state index contributed by atoms with van der Waals surface area (Å²) in [5, 5.41) is 5.98. The molecule has 0 aliphatic carbocycles. The Bertz CT molecular complexity index is 697. The molecule has 0 spiro atoms. The Kier molecular flexibility index (Phi) is 5.57. The topological polar surface area (TPSA) is 76.1 Å². The van der Waals surface area contributed by atoms with Crippen molar-refractivity contribution in [2.45, 2.75) is 6.92 Å². The fourth-order valence-corrected chi connectivity index (χ4v) is 2.33. The van der Waals surface area contributed by atoms with E-state index in [1.54, 1.807) is 0 Å². The van der Waals surface area contributed by atoms with Gasteiger partial charge in [-0.15, -0.1) is 0 Å². The van der Waals surface area contributed by atoms with Crippen LogP contribution in [0.5, 0.6) is 6.01 Å². The number of carbonyl (C=O) groups excluding carboxylic acids is 1. The number of nitrogens with one attached hydrogen (secondary N) is 2. The van der Waals surface area contributed by atoms with Gasteiger partial charge < -0.3 is 15.4 Å². The molecule has 0 bridgehead atoms. The summed E-state index contributed by atoms with van der Waals surface area (Å²) in [5.74, 6) is 0.135. The van der Waals surface area contributed by atoms with Crippen molar-refractivity contribution >= 4 is 44.9 Å². The summed E-state index contributed by atoms with van der Waals surface area (Å²) in [6.45, 7) is 1.94. The molecule has 2 rings (SSSR count). The second kappa shape index (κ2) is 7.42. The molecule has 0 saturated heterocycles. The van der Waals surface area contributed by atoms with Crippen molar-refractivity contribution in [2.75, 3.05) is 24.3 Å². The Morgan fingerprint density at radius 1 is 1.45 bits per heavy atom. The molecule has 0 unspecified atom stereocenters. The summed E-state index contributed by atoms with van der Waals surface area (Å²) in [6.07, 6.45) is 1.41. The van der Waals surface area contributed by atoms with Crippen LogP contribution in [0.1, 0.15) is 5.56 Å². The van der Waals surface area contributed by atoms with Crippen molar-refractivity contribution < 1.29 is 9.53 Å². The van der Waals surface area contributed by atoms with Gasteiger partial charge in [0.05, 0.1) is 19.9 Å². The van der Waals surface area contributed by atoms with E-state index in [4.69, 9.17) is 16.3 Å². The Labute approximate surface area is 141 Å². The normalized spacial score (nSPS) is 10.2. The van der Waals surface area contributed by atoms with Gasteiger partial charge in [-0.3, -0.25) is 4.79 Å². The average molecular weight is 386 g/mol. The van der Waals surface area contributed by atoms with Crippen molar-refractivity contribution in [3.05, 3.63) is 39.5 Å². The minimum atomic E-state index is -0.209. The monoisotopic (exact) mass is 384 g/mol. The zero-order valence-electron chi connectivity index (χ0n) is 12.0. The molecule has 0 aliphatic rings. The molecular formula is C14H14BrClN4O2. The van der Waals surface area contributed by atoms with Crippen LogP contribution in [0.15, 0.2) is 28.9 Å². The Morgan fingerprint density at radius 3 is 2.91 bits per heavy atom. The minimum absolute atomic E-state index is 0.0232. The van der Waals surface area contributed by atoms with E-state index in [0.29, 0.717) is 10.8 Å². The second-order valence-electron chi connectivity index (χ2n) is 4.41. The smallest absolute Gasteiger partial charge is 0.318 e. The first kappa shape index (κ1) is 16.5. The molecule has 1 amide bonds. The van der Waals surface area contributed by atoms with Crippen LogP contribution in [-0.4, -0.2) is 29.5 Å². The number of anilines is 2. The second-order valence-corrected chi connectivity index (χ2v) is 5.74. The third-order valence-corrected chi connectivity index (χ3v) is 3.55. The van der Waals surface area contributed by atoms with E-state index in [-0.39, 0.29) is 18.5 Å². The van der Waals surface area contributed by atoms with Crippen molar-refractivity contribution in [3.8, 4) is 6.01 Å². The summed E-state index contributed by atoms with van der Waals surface area (Å²) in [4.78, 5) is 19.9. The fraction of sp³-hybridized carbons (Fsp3) is 0.214. The Balaban J connectivity index is 1.98. The lowest BCUT2D eigenvalue weighted by Crippen LogP contribution is -2.22. The quantitative estimate of drug-likeness (QED) is 0.826. The van der Waals surface area contributed by atoms with Gasteiger partial charge in [0.15, 0.2) is 5.82 Å². The number of hydrogen-bond donors (Lipinski definition) is 2. The van der Waals surface area contributed by atoms with E-state index in [0.717, 1.165) is 15.7 Å². The van der Waals surface area contributed by atoms with Crippen molar-refractivity contribution in [3.63, 3.8) is 0 Å². The molecule has 0 fully saturated rings. The molecule has 6 nitrogen and oxygen atoms in total. The van der Waals surface area contributed by atoms with Crippen molar-refractivity contribution in [2.24, 2.45) is 0 Å². The van der Waals surface area contributed by atoms with E-state index in [2.05, 4.69) is 36.5 Å². The molecule has 0 saturated carbocycles. The van der Waals surface area contributed by atoms with Gasteiger partial charge in [-0.25, -0.2) is 4.98 Å². The Hall–Kier alpha value is -1.86. The van der Waals surface area contributed by atoms with Gasteiger partial charge in [0.25, 0.3) is 0 Å². The summed E-state index contributed by atoms with van der Waals surface area (Å²) in [6, 6.07) is 5.80. The van der Waals surface area contributed by atoms with Crippen LogP contribution in [0.4, 0.5) is 11.5 Å². The van der Waals surface area contributed by atoms with E-state index in [1.807, 2.05) is 25.1 Å². The molecule has 1 heterocycles. The van der Waals surface area contributed by atoms with Crippen LogP contribution in [0.2, 0.25) is 5.02 Å². The highest BCUT2D eigenvalue weighted by atomic mass is 79.9. The van der Waals surface area contributed by atoms with Crippen LogP contribution < -0.4 is 15.4 Å². The van der Waals surface area contributed by atoms with Gasteiger partial charge >= 0.3 is 6.01 Å². The molecule has 1 aromatic heterocycles. The van der Waals surface area contributed by atoms with Gasteiger partial charge in [-0.05, 0) is 30.7 Å². The third-order valence-electron chi connectivity index (χ3n) is 2.78. The molecule has 2 aromatic rings. The van der Waals surface area contributed by atoms with E-state index in [9.17, 15) is 4.79 Å². The van der Waals surface area contributed by atoms with Gasteiger partial charge in [0.2, 0.25) is 5.91 Å². The molecule has 8 heteroatoms. The van der Waals surface area contributed by atoms with Gasteiger partial charge in [0, 0.05) is 10.2 Å². The predicted molar refractivity (Wildman–Crippen MR) is 89.6 cm³/mol. The molecule has 1 aromatic carbocycles. The first-order valence-electron chi connectivity index (χ1n) is 6.36. The van der Waals surface area contributed by atoms with Gasteiger partial charge in [-0.2, -0.15) is 4.98 Å². The highest BCUT2D eigenvalue weighted by Gasteiger charge is 2.09. The van der Waals surface area contributed by atoms with E-state index >= 15 is 0 Å². The number of carbonyl (C=O) groups is 1. The first-order chi connectivity index (χ1) is 10.5. The predicted octanol–water partition coefficient (Wildman–Crippen LogP) is 3.26. The molecule has 0 radical (unpaired) electrons. The SMILES string of the molecule is COc1ncc(Cl)c(NCC(=O)Nc2ccc(Br)cc2C)n1. The van der Waals surface area contributed by atoms with Crippen LogP contribution in [0.3, 0.4) is 0 Å². The molecule has 0 aliphatic heterocycles. The van der Waals surface area contributed by atoms with Crippen LogP contribution in [-0.2, 0) is 4.79 Å². The summed E-state index contributed by atoms with van der Waals surface area (Å²) < 4.78 is 5.87.